The highest BCUT2D eigenvalue weighted by molar-refractivity contribution is 5.99. The van der Waals surface area contributed by atoms with Crippen LogP contribution in [0.25, 0.3) is 0 Å². The Morgan fingerprint density at radius 1 is 1.16 bits per heavy atom. The van der Waals surface area contributed by atoms with Gasteiger partial charge in [0.05, 0.1) is 12.7 Å². The Labute approximate surface area is 185 Å². The minimum absolute atomic E-state index is 0.0462. The summed E-state index contributed by atoms with van der Waals surface area (Å²) in [5.74, 6) is 0.0336. The molecule has 0 bridgehead atoms. The van der Waals surface area contributed by atoms with Crippen LogP contribution in [0.2, 0.25) is 0 Å². The topological polar surface area (TPSA) is 94.5 Å². The predicted octanol–water partition coefficient (Wildman–Crippen LogP) is 2.58. The molecule has 2 fully saturated rings. The van der Waals surface area contributed by atoms with Gasteiger partial charge in [-0.05, 0) is 62.4 Å². The van der Waals surface area contributed by atoms with Crippen LogP contribution in [0.15, 0.2) is 24.3 Å². The Balaban J connectivity index is 1.60. The number of methoxy groups -OCH3 is 1. The highest BCUT2D eigenvalue weighted by Crippen LogP contribution is 2.30. The quantitative estimate of drug-likeness (QED) is 0.623. The molecule has 0 unspecified atom stereocenters. The molecule has 2 N–H and O–H groups in total. The largest absolute Gasteiger partial charge is 0.383 e. The van der Waals surface area contributed by atoms with E-state index in [-0.39, 0.29) is 18.4 Å². The first-order chi connectivity index (χ1) is 15.1. The number of carbonyl (C=O) groups is 2. The molecule has 168 valence electrons. The monoisotopic (exact) mass is 426 g/mol. The zero-order chi connectivity index (χ0) is 22.1. The Morgan fingerprint density at radius 3 is 2.45 bits per heavy atom. The molecule has 0 aromatic heterocycles. The number of carbonyl (C=O) groups excluding carboxylic acids is 2. The summed E-state index contributed by atoms with van der Waals surface area (Å²) in [6, 6.07) is 9.77. The van der Waals surface area contributed by atoms with Gasteiger partial charge in [-0.3, -0.25) is 9.59 Å². The van der Waals surface area contributed by atoms with Crippen molar-refractivity contribution in [2.75, 3.05) is 39.9 Å². The summed E-state index contributed by atoms with van der Waals surface area (Å²) < 4.78 is 5.17. The maximum absolute atomic E-state index is 13.0. The molecular weight excluding hydrogens is 392 g/mol. The third kappa shape index (κ3) is 6.05. The van der Waals surface area contributed by atoms with E-state index in [9.17, 15) is 9.59 Å². The Hall–Kier alpha value is -2.43. The molecule has 1 saturated heterocycles. The number of hydrogen-bond acceptors (Lipinski definition) is 5. The third-order valence-electron chi connectivity index (χ3n) is 6.67. The van der Waals surface area contributed by atoms with Crippen molar-refractivity contribution in [1.82, 2.24) is 15.5 Å². The number of ether oxygens (including phenoxy) is 1. The number of hydrogen-bond donors (Lipinski definition) is 2. The lowest BCUT2D eigenvalue weighted by Crippen LogP contribution is -2.59. The first kappa shape index (κ1) is 23.2. The standard InChI is InChI=1S/C24H34N4O3/c1-31-18-17-28-15-9-20(10-16-28)19-5-7-21(8-6-19)22(29)27-24(11-3-2-4-12-24)23(30)26-14-13-25/h5-8,20H,2-4,9-12,14-18H2,1H3,(H,26,30)(H,27,29). The lowest BCUT2D eigenvalue weighted by atomic mass is 9.80. The van der Waals surface area contributed by atoms with Crippen molar-refractivity contribution in [3.63, 3.8) is 0 Å². The van der Waals surface area contributed by atoms with E-state index in [2.05, 4.69) is 15.5 Å². The van der Waals surface area contributed by atoms with Gasteiger partial charge in [0, 0.05) is 19.2 Å². The zero-order valence-corrected chi connectivity index (χ0v) is 18.5. The molecule has 0 atom stereocenters. The van der Waals surface area contributed by atoms with Gasteiger partial charge >= 0.3 is 0 Å². The van der Waals surface area contributed by atoms with Gasteiger partial charge < -0.3 is 20.3 Å². The molecule has 0 spiro atoms. The molecule has 1 heterocycles. The maximum atomic E-state index is 13.0. The minimum Gasteiger partial charge on any atom is -0.383 e. The number of likely N-dealkylation sites (tertiary alicyclic amines) is 1. The van der Waals surface area contributed by atoms with Crippen LogP contribution in [0.3, 0.4) is 0 Å². The number of rotatable bonds is 8. The van der Waals surface area contributed by atoms with E-state index in [4.69, 9.17) is 10.00 Å². The van der Waals surface area contributed by atoms with E-state index < -0.39 is 5.54 Å². The molecule has 1 aromatic rings. The van der Waals surface area contributed by atoms with Crippen LogP contribution in [-0.2, 0) is 9.53 Å². The molecular formula is C24H34N4O3. The molecule has 0 radical (unpaired) electrons. The third-order valence-corrected chi connectivity index (χ3v) is 6.67. The summed E-state index contributed by atoms with van der Waals surface area (Å²) in [5, 5.41) is 14.4. The van der Waals surface area contributed by atoms with Crippen molar-refractivity contribution in [3.8, 4) is 6.07 Å². The second kappa shape index (κ2) is 11.3. The van der Waals surface area contributed by atoms with Gasteiger partial charge in [0.2, 0.25) is 5.91 Å². The Kier molecular flexibility index (Phi) is 8.44. The van der Waals surface area contributed by atoms with Crippen LogP contribution in [0.1, 0.15) is 66.8 Å². The first-order valence-corrected chi connectivity index (χ1v) is 11.4. The normalized spacial score (nSPS) is 19.4. The van der Waals surface area contributed by atoms with Crippen LogP contribution in [0, 0.1) is 11.3 Å². The molecule has 7 heteroatoms. The van der Waals surface area contributed by atoms with Crippen LogP contribution in [0.5, 0.6) is 0 Å². The fourth-order valence-electron chi connectivity index (χ4n) is 4.76. The van der Waals surface area contributed by atoms with Crippen molar-refractivity contribution in [2.24, 2.45) is 0 Å². The predicted molar refractivity (Wildman–Crippen MR) is 119 cm³/mol. The molecule has 1 aliphatic carbocycles. The lowest BCUT2D eigenvalue weighted by molar-refractivity contribution is -0.128. The number of amides is 2. The summed E-state index contributed by atoms with van der Waals surface area (Å²) in [4.78, 5) is 28.1. The lowest BCUT2D eigenvalue weighted by Gasteiger charge is -2.36. The van der Waals surface area contributed by atoms with Gasteiger partial charge in [0.25, 0.3) is 5.91 Å². The average Bonchev–Trinajstić information content (AvgIpc) is 2.82. The van der Waals surface area contributed by atoms with E-state index in [1.54, 1.807) is 7.11 Å². The highest BCUT2D eigenvalue weighted by Gasteiger charge is 2.40. The molecule has 7 nitrogen and oxygen atoms in total. The maximum Gasteiger partial charge on any atom is 0.252 e. The van der Waals surface area contributed by atoms with Crippen molar-refractivity contribution >= 4 is 11.8 Å². The average molecular weight is 427 g/mol. The van der Waals surface area contributed by atoms with E-state index in [1.807, 2.05) is 30.3 Å². The van der Waals surface area contributed by atoms with Crippen molar-refractivity contribution in [3.05, 3.63) is 35.4 Å². The fourth-order valence-corrected chi connectivity index (χ4v) is 4.76. The number of nitriles is 1. The molecule has 2 amide bonds. The SMILES string of the molecule is COCCN1CCC(c2ccc(C(=O)NC3(C(=O)NCC#N)CCCCC3)cc2)CC1. The molecule has 31 heavy (non-hydrogen) atoms. The zero-order valence-electron chi connectivity index (χ0n) is 18.5. The summed E-state index contributed by atoms with van der Waals surface area (Å²) in [6.07, 6.45) is 6.27. The van der Waals surface area contributed by atoms with Gasteiger partial charge in [-0.25, -0.2) is 0 Å². The molecule has 2 aliphatic rings. The Bertz CT molecular complexity index is 773. The molecule has 1 aliphatic heterocycles. The second-order valence-electron chi connectivity index (χ2n) is 8.67. The summed E-state index contributed by atoms with van der Waals surface area (Å²) in [6.45, 7) is 3.83. The van der Waals surface area contributed by atoms with Crippen LogP contribution >= 0.6 is 0 Å². The summed E-state index contributed by atoms with van der Waals surface area (Å²) in [7, 11) is 1.74. The molecule has 1 aromatic carbocycles. The summed E-state index contributed by atoms with van der Waals surface area (Å²) >= 11 is 0. The van der Waals surface area contributed by atoms with Gasteiger partial charge in [0.1, 0.15) is 12.1 Å². The van der Waals surface area contributed by atoms with E-state index in [0.29, 0.717) is 24.3 Å². The number of nitrogens with zero attached hydrogens (tertiary/aromatic N) is 2. The summed E-state index contributed by atoms with van der Waals surface area (Å²) in [5.41, 5.74) is 0.918. The van der Waals surface area contributed by atoms with Gasteiger partial charge in [-0.1, -0.05) is 31.4 Å². The first-order valence-electron chi connectivity index (χ1n) is 11.4. The van der Waals surface area contributed by atoms with E-state index in [1.165, 1.54) is 5.56 Å². The smallest absolute Gasteiger partial charge is 0.252 e. The highest BCUT2D eigenvalue weighted by atomic mass is 16.5. The Morgan fingerprint density at radius 2 is 1.84 bits per heavy atom. The van der Waals surface area contributed by atoms with Gasteiger partial charge in [-0.2, -0.15) is 5.26 Å². The van der Waals surface area contributed by atoms with Crippen molar-refractivity contribution < 1.29 is 14.3 Å². The van der Waals surface area contributed by atoms with E-state index >= 15 is 0 Å². The van der Waals surface area contributed by atoms with Gasteiger partial charge in [0.15, 0.2) is 0 Å². The molecule has 1 saturated carbocycles. The second-order valence-corrected chi connectivity index (χ2v) is 8.67. The van der Waals surface area contributed by atoms with E-state index in [0.717, 1.165) is 58.3 Å². The number of nitrogens with one attached hydrogen (secondary N) is 2. The van der Waals surface area contributed by atoms with Gasteiger partial charge in [-0.15, -0.1) is 0 Å². The van der Waals surface area contributed by atoms with Crippen LogP contribution < -0.4 is 10.6 Å². The van der Waals surface area contributed by atoms with Crippen molar-refractivity contribution in [2.45, 2.75) is 56.4 Å². The fraction of sp³-hybridized carbons (Fsp3) is 0.625. The number of benzene rings is 1. The molecule has 3 rings (SSSR count). The minimum atomic E-state index is -0.917. The number of piperidine rings is 1. The van der Waals surface area contributed by atoms with Crippen LogP contribution in [-0.4, -0.2) is 62.1 Å². The van der Waals surface area contributed by atoms with Crippen LogP contribution in [0.4, 0.5) is 0 Å². The van der Waals surface area contributed by atoms with Crippen molar-refractivity contribution in [1.29, 1.82) is 5.26 Å².